The van der Waals surface area contributed by atoms with Crippen molar-refractivity contribution in [2.24, 2.45) is 4.99 Å². The van der Waals surface area contributed by atoms with Crippen LogP contribution in [0, 0.1) is 0 Å². The first-order chi connectivity index (χ1) is 26.2. The van der Waals surface area contributed by atoms with Crippen LogP contribution < -0.4 is 5.32 Å². The molecule has 3 heteroatoms. The minimum Gasteiger partial charge on any atom is -0.361 e. The predicted molar refractivity (Wildman–Crippen MR) is 230 cm³/mol. The lowest BCUT2D eigenvalue weighted by Crippen LogP contribution is -1.99. The van der Waals surface area contributed by atoms with Crippen LogP contribution in [0.2, 0.25) is 0 Å². The van der Waals surface area contributed by atoms with Crippen LogP contribution in [0.5, 0.6) is 0 Å². The monoisotopic (exact) mass is 685 g/mol. The van der Waals surface area contributed by atoms with Gasteiger partial charge in [-0.3, -0.25) is 0 Å². The first-order valence-corrected chi connectivity index (χ1v) is 18.3. The first kappa shape index (κ1) is 34.7. The molecular formula is C50H43N3. The fourth-order valence-electron chi connectivity index (χ4n) is 7.05. The molecule has 8 rings (SSSR count). The number of hydrogen-bond donors (Lipinski definition) is 1. The minimum absolute atomic E-state index is 0.871. The number of aromatic nitrogens is 1. The molecule has 2 heterocycles. The lowest BCUT2D eigenvalue weighted by molar-refractivity contribution is 1.18. The van der Waals surface area contributed by atoms with Gasteiger partial charge < -0.3 is 9.88 Å². The van der Waals surface area contributed by atoms with Crippen molar-refractivity contribution in [2.75, 3.05) is 5.32 Å². The molecule has 53 heavy (non-hydrogen) atoms. The van der Waals surface area contributed by atoms with E-state index in [1.807, 2.05) is 51.3 Å². The summed E-state index contributed by atoms with van der Waals surface area (Å²) in [7, 11) is 0. The molecule has 0 radical (unpaired) electrons. The average Bonchev–Trinajstić information content (AvgIpc) is 3.55. The number of allylic oxidation sites excluding steroid dienone is 8. The van der Waals surface area contributed by atoms with Crippen LogP contribution in [0.3, 0.4) is 0 Å². The maximum atomic E-state index is 5.45. The van der Waals surface area contributed by atoms with Gasteiger partial charge in [0, 0.05) is 45.0 Å². The molecule has 1 aliphatic rings. The largest absolute Gasteiger partial charge is 0.361 e. The number of anilines is 1. The average molecular weight is 686 g/mol. The molecule has 0 unspecified atom stereocenters. The highest BCUT2D eigenvalue weighted by molar-refractivity contribution is 6.16. The normalized spacial score (nSPS) is 14.4. The van der Waals surface area contributed by atoms with Crippen molar-refractivity contribution in [1.82, 2.24) is 4.57 Å². The second-order valence-corrected chi connectivity index (χ2v) is 12.5. The lowest BCUT2D eigenvalue weighted by atomic mass is 9.94. The predicted octanol–water partition coefficient (Wildman–Crippen LogP) is 13.8. The van der Waals surface area contributed by atoms with Crippen molar-refractivity contribution in [3.05, 3.63) is 212 Å². The molecule has 258 valence electrons. The Morgan fingerprint density at radius 3 is 2.17 bits per heavy atom. The van der Waals surface area contributed by atoms with Crippen LogP contribution in [-0.2, 0) is 0 Å². The van der Waals surface area contributed by atoms with Gasteiger partial charge >= 0.3 is 0 Å². The van der Waals surface area contributed by atoms with E-state index in [1.165, 1.54) is 27.4 Å². The second-order valence-electron chi connectivity index (χ2n) is 12.5. The zero-order valence-corrected chi connectivity index (χ0v) is 30.5. The molecule has 0 atom stereocenters. The molecule has 0 saturated carbocycles. The standard InChI is InChI=1S/C48H37N3.C2H6/c1-3-16-34(17-4-2)36-30-31-49-43-25-13-11-22-40(43)42-32-37(28-29-44(42)50-45(33-36)35-18-7-5-8-19-35)39-24-15-27-47-48(39)41-23-12-14-26-46(41)51(47)38-20-9-6-10-21-38;1-2/h3-33,49H,1H2,2H3;1-2H3/b17-4-,31-30+,34-16+,36-33+,50-45?;. The van der Waals surface area contributed by atoms with Gasteiger partial charge in [-0.2, -0.15) is 0 Å². The van der Waals surface area contributed by atoms with E-state index in [9.17, 15) is 0 Å². The smallest absolute Gasteiger partial charge is 0.0716 e. The van der Waals surface area contributed by atoms with Crippen molar-refractivity contribution in [3.8, 4) is 27.9 Å². The molecular weight excluding hydrogens is 643 g/mol. The SMILES string of the molecule is C=C/C=C(\C=C/C)C1=C/C(c2ccccc2)=Nc2ccc(-c3cccc4c3c3ccccc3n4-c3ccccc3)cc2-c2ccccc2N\C=C\1.CC. The van der Waals surface area contributed by atoms with Crippen molar-refractivity contribution >= 4 is 38.9 Å². The molecule has 0 spiro atoms. The maximum absolute atomic E-state index is 5.45. The summed E-state index contributed by atoms with van der Waals surface area (Å²) in [6.45, 7) is 10.0. The van der Waals surface area contributed by atoms with Crippen molar-refractivity contribution in [1.29, 1.82) is 0 Å². The summed E-state index contributed by atoms with van der Waals surface area (Å²) in [5, 5.41) is 6.06. The van der Waals surface area contributed by atoms with Crippen molar-refractivity contribution in [3.63, 3.8) is 0 Å². The van der Waals surface area contributed by atoms with E-state index < -0.39 is 0 Å². The molecule has 0 fully saturated rings. The van der Waals surface area contributed by atoms with E-state index in [4.69, 9.17) is 4.99 Å². The summed E-state index contributed by atoms with van der Waals surface area (Å²) in [5.74, 6) is 0. The highest BCUT2D eigenvalue weighted by Gasteiger charge is 2.18. The molecule has 0 amide bonds. The number of rotatable bonds is 6. The maximum Gasteiger partial charge on any atom is 0.0716 e. The van der Waals surface area contributed by atoms with Gasteiger partial charge in [0.15, 0.2) is 0 Å². The first-order valence-electron chi connectivity index (χ1n) is 18.3. The van der Waals surface area contributed by atoms with Crippen molar-refractivity contribution < 1.29 is 0 Å². The molecule has 1 aromatic heterocycles. The lowest BCUT2D eigenvalue weighted by Gasteiger charge is -2.15. The molecule has 0 bridgehead atoms. The van der Waals surface area contributed by atoms with E-state index in [0.29, 0.717) is 0 Å². The summed E-state index contributed by atoms with van der Waals surface area (Å²) in [4.78, 5) is 5.45. The summed E-state index contributed by atoms with van der Waals surface area (Å²) in [6.07, 6.45) is 14.3. The van der Waals surface area contributed by atoms with Gasteiger partial charge in [0.2, 0.25) is 0 Å². The molecule has 6 aromatic carbocycles. The van der Waals surface area contributed by atoms with Gasteiger partial charge in [-0.05, 0) is 83.8 Å². The van der Waals surface area contributed by atoms with Crippen LogP contribution >= 0.6 is 0 Å². The quantitative estimate of drug-likeness (QED) is 0.174. The number of para-hydroxylation sites is 3. The number of aliphatic imine (C=N–C) groups is 1. The number of fused-ring (bicyclic) bond motifs is 6. The van der Waals surface area contributed by atoms with Gasteiger partial charge in [0.25, 0.3) is 0 Å². The highest BCUT2D eigenvalue weighted by atomic mass is 15.0. The summed E-state index contributed by atoms with van der Waals surface area (Å²) >= 11 is 0. The molecule has 7 aromatic rings. The Morgan fingerprint density at radius 2 is 1.38 bits per heavy atom. The molecule has 1 N–H and O–H groups in total. The zero-order chi connectivity index (χ0) is 36.6. The fraction of sp³-hybridized carbons (Fsp3) is 0.0600. The molecule has 1 aliphatic heterocycles. The Bertz CT molecular complexity index is 2560. The third kappa shape index (κ3) is 6.98. The van der Waals surface area contributed by atoms with Gasteiger partial charge in [0.05, 0.1) is 22.4 Å². The molecule has 0 saturated heterocycles. The minimum atomic E-state index is 0.871. The number of hydrogen-bond acceptors (Lipinski definition) is 2. The third-order valence-electron chi connectivity index (χ3n) is 9.32. The van der Waals surface area contributed by atoms with Gasteiger partial charge in [-0.15, -0.1) is 0 Å². The molecule has 0 aliphatic carbocycles. The Morgan fingerprint density at radius 1 is 0.679 bits per heavy atom. The summed E-state index contributed by atoms with van der Waals surface area (Å²) in [5.41, 5.74) is 13.8. The Hall–Kier alpha value is -6.71. The van der Waals surface area contributed by atoms with E-state index in [-0.39, 0.29) is 0 Å². The van der Waals surface area contributed by atoms with E-state index in [0.717, 1.165) is 56.2 Å². The Kier molecular flexibility index (Phi) is 10.5. The highest BCUT2D eigenvalue weighted by Crippen LogP contribution is 2.43. The summed E-state index contributed by atoms with van der Waals surface area (Å²) < 4.78 is 2.37. The van der Waals surface area contributed by atoms with Gasteiger partial charge in [-0.25, -0.2) is 4.99 Å². The van der Waals surface area contributed by atoms with E-state index >= 15 is 0 Å². The van der Waals surface area contributed by atoms with E-state index in [1.54, 1.807) is 0 Å². The van der Waals surface area contributed by atoms with E-state index in [2.05, 4.69) is 174 Å². The van der Waals surface area contributed by atoms with Crippen LogP contribution in [0.25, 0.3) is 49.7 Å². The Balaban J connectivity index is 0.00000214. The van der Waals surface area contributed by atoms with Gasteiger partial charge in [-0.1, -0.05) is 148 Å². The third-order valence-corrected chi connectivity index (χ3v) is 9.32. The fourth-order valence-corrected chi connectivity index (χ4v) is 7.05. The summed E-state index contributed by atoms with van der Waals surface area (Å²) in [6, 6.07) is 51.5. The van der Waals surface area contributed by atoms with Crippen LogP contribution in [-0.4, -0.2) is 10.3 Å². The number of benzene rings is 6. The second kappa shape index (κ2) is 16.1. The van der Waals surface area contributed by atoms with Crippen LogP contribution in [0.1, 0.15) is 26.3 Å². The topological polar surface area (TPSA) is 29.3 Å². The number of nitrogens with zero attached hydrogens (tertiary/aromatic N) is 2. The van der Waals surface area contributed by atoms with Crippen molar-refractivity contribution in [2.45, 2.75) is 20.8 Å². The number of nitrogens with one attached hydrogen (secondary N) is 1. The zero-order valence-electron chi connectivity index (χ0n) is 30.5. The van der Waals surface area contributed by atoms with Crippen LogP contribution in [0.15, 0.2) is 211 Å². The Labute approximate surface area is 313 Å². The van der Waals surface area contributed by atoms with Crippen LogP contribution in [0.4, 0.5) is 11.4 Å². The van der Waals surface area contributed by atoms with Gasteiger partial charge in [0.1, 0.15) is 0 Å². The molecule has 3 nitrogen and oxygen atoms in total.